The molecule has 10 heteroatoms. The second kappa shape index (κ2) is 10.0. The standard InChI is InChI=1S/C20H18ClN5O3S/c1-25-18(12-22-19(27)11-8-15-4-2-3-5-17(15)21)23-24-20(25)30-13-14-6-9-16(10-7-14)26(28)29/h2-11H,12-13H2,1H3,(H,22,27). The molecule has 30 heavy (non-hydrogen) atoms. The smallest absolute Gasteiger partial charge is 0.269 e. The van der Waals surface area contributed by atoms with Crippen molar-refractivity contribution in [3.63, 3.8) is 0 Å². The molecule has 1 N–H and O–H groups in total. The lowest BCUT2D eigenvalue weighted by molar-refractivity contribution is -0.384. The molecule has 1 amide bonds. The van der Waals surface area contributed by atoms with E-state index >= 15 is 0 Å². The van der Waals surface area contributed by atoms with E-state index in [4.69, 9.17) is 11.6 Å². The molecule has 154 valence electrons. The van der Waals surface area contributed by atoms with Crippen LogP contribution in [0.15, 0.2) is 59.8 Å². The summed E-state index contributed by atoms with van der Waals surface area (Å²) in [6.07, 6.45) is 3.07. The van der Waals surface area contributed by atoms with Crippen LogP contribution in [0.2, 0.25) is 5.02 Å². The fraction of sp³-hybridized carbons (Fsp3) is 0.150. The minimum atomic E-state index is -0.427. The largest absolute Gasteiger partial charge is 0.345 e. The maximum atomic E-state index is 12.1. The van der Waals surface area contributed by atoms with E-state index in [2.05, 4.69) is 15.5 Å². The second-order valence-electron chi connectivity index (χ2n) is 6.24. The molecule has 3 aromatic rings. The van der Waals surface area contributed by atoms with Crippen LogP contribution in [-0.2, 0) is 24.1 Å². The second-order valence-corrected chi connectivity index (χ2v) is 7.59. The van der Waals surface area contributed by atoms with Crippen molar-refractivity contribution in [2.45, 2.75) is 17.5 Å². The van der Waals surface area contributed by atoms with Crippen molar-refractivity contribution < 1.29 is 9.72 Å². The van der Waals surface area contributed by atoms with Gasteiger partial charge < -0.3 is 9.88 Å². The lowest BCUT2D eigenvalue weighted by Crippen LogP contribution is -2.22. The lowest BCUT2D eigenvalue weighted by atomic mass is 10.2. The van der Waals surface area contributed by atoms with E-state index in [1.165, 1.54) is 30.0 Å². The number of carbonyl (C=O) groups is 1. The molecule has 0 aliphatic heterocycles. The van der Waals surface area contributed by atoms with Gasteiger partial charge in [0, 0.05) is 36.0 Å². The molecular weight excluding hydrogens is 426 g/mol. The fourth-order valence-electron chi connectivity index (χ4n) is 2.49. The van der Waals surface area contributed by atoms with Gasteiger partial charge >= 0.3 is 0 Å². The normalized spacial score (nSPS) is 11.0. The number of nitrogens with zero attached hydrogens (tertiary/aromatic N) is 4. The Kier molecular flexibility index (Phi) is 7.21. The maximum Gasteiger partial charge on any atom is 0.269 e. The van der Waals surface area contributed by atoms with E-state index in [1.54, 1.807) is 28.8 Å². The number of hydrogen-bond donors (Lipinski definition) is 1. The van der Waals surface area contributed by atoms with E-state index in [0.29, 0.717) is 21.8 Å². The Morgan fingerprint density at radius 2 is 1.97 bits per heavy atom. The quantitative estimate of drug-likeness (QED) is 0.244. The summed E-state index contributed by atoms with van der Waals surface area (Å²) >= 11 is 7.52. The molecule has 0 aliphatic rings. The van der Waals surface area contributed by atoms with Crippen molar-refractivity contribution in [2.75, 3.05) is 0 Å². The number of carbonyl (C=O) groups excluding carboxylic acids is 1. The van der Waals surface area contributed by atoms with Crippen LogP contribution in [0.1, 0.15) is 17.0 Å². The van der Waals surface area contributed by atoms with Gasteiger partial charge in [0.05, 0.1) is 11.5 Å². The SMILES string of the molecule is Cn1c(CNC(=O)C=Cc2ccccc2Cl)nnc1SCc1ccc([N+](=O)[O-])cc1. The van der Waals surface area contributed by atoms with Crippen LogP contribution in [0, 0.1) is 10.1 Å². The third-order valence-electron chi connectivity index (χ3n) is 4.18. The molecule has 1 heterocycles. The number of non-ortho nitro benzene ring substituents is 1. The zero-order chi connectivity index (χ0) is 21.5. The first-order valence-corrected chi connectivity index (χ1v) is 10.2. The Morgan fingerprint density at radius 1 is 1.23 bits per heavy atom. The molecule has 0 radical (unpaired) electrons. The number of aromatic nitrogens is 3. The molecule has 0 bridgehead atoms. The van der Waals surface area contributed by atoms with Gasteiger partial charge in [-0.2, -0.15) is 0 Å². The summed E-state index contributed by atoms with van der Waals surface area (Å²) in [4.78, 5) is 22.3. The summed E-state index contributed by atoms with van der Waals surface area (Å²) in [5.41, 5.74) is 1.76. The van der Waals surface area contributed by atoms with Crippen LogP contribution < -0.4 is 5.32 Å². The van der Waals surface area contributed by atoms with Crippen molar-refractivity contribution in [1.29, 1.82) is 0 Å². The fourth-order valence-corrected chi connectivity index (χ4v) is 3.57. The van der Waals surface area contributed by atoms with Gasteiger partial charge in [0.25, 0.3) is 5.69 Å². The Morgan fingerprint density at radius 3 is 2.67 bits per heavy atom. The summed E-state index contributed by atoms with van der Waals surface area (Å²) < 4.78 is 1.80. The molecule has 0 unspecified atom stereocenters. The van der Waals surface area contributed by atoms with Gasteiger partial charge in [0.1, 0.15) is 0 Å². The van der Waals surface area contributed by atoms with E-state index in [9.17, 15) is 14.9 Å². The number of amides is 1. The number of nitro benzene ring substituents is 1. The average Bonchev–Trinajstić information content (AvgIpc) is 3.10. The maximum absolute atomic E-state index is 12.1. The Balaban J connectivity index is 1.53. The molecule has 0 atom stereocenters. The first-order chi connectivity index (χ1) is 14.4. The van der Waals surface area contributed by atoms with Gasteiger partial charge in [-0.1, -0.05) is 53.7 Å². The highest BCUT2D eigenvalue weighted by atomic mass is 35.5. The summed E-state index contributed by atoms with van der Waals surface area (Å²) in [5, 5.41) is 23.0. The van der Waals surface area contributed by atoms with Gasteiger partial charge in [0.2, 0.25) is 5.91 Å². The van der Waals surface area contributed by atoms with Gasteiger partial charge in [-0.3, -0.25) is 14.9 Å². The highest BCUT2D eigenvalue weighted by Gasteiger charge is 2.11. The summed E-state index contributed by atoms with van der Waals surface area (Å²) in [5.74, 6) is 0.940. The predicted octanol–water partition coefficient (Wildman–Crippen LogP) is 4.00. The van der Waals surface area contributed by atoms with Crippen molar-refractivity contribution in [3.05, 3.63) is 86.7 Å². The topological polar surface area (TPSA) is 103 Å². The van der Waals surface area contributed by atoms with Crippen LogP contribution >= 0.6 is 23.4 Å². The number of nitro groups is 1. The molecule has 0 fully saturated rings. The summed E-state index contributed by atoms with van der Waals surface area (Å²) in [6.45, 7) is 0.229. The zero-order valence-corrected chi connectivity index (χ0v) is 17.6. The minimum absolute atomic E-state index is 0.0593. The van der Waals surface area contributed by atoms with Crippen molar-refractivity contribution in [3.8, 4) is 0 Å². The molecule has 0 aliphatic carbocycles. The van der Waals surface area contributed by atoms with E-state index in [-0.39, 0.29) is 18.1 Å². The third-order valence-corrected chi connectivity index (χ3v) is 5.62. The Hall–Kier alpha value is -3.17. The van der Waals surface area contributed by atoms with Gasteiger partial charge in [-0.25, -0.2) is 0 Å². The van der Waals surface area contributed by atoms with E-state index < -0.39 is 4.92 Å². The number of benzene rings is 2. The monoisotopic (exact) mass is 443 g/mol. The molecule has 8 nitrogen and oxygen atoms in total. The number of thioether (sulfide) groups is 1. The number of hydrogen-bond acceptors (Lipinski definition) is 6. The Labute approximate surface area is 182 Å². The number of rotatable bonds is 8. The Bertz CT molecular complexity index is 1080. The molecule has 1 aromatic heterocycles. The predicted molar refractivity (Wildman–Crippen MR) is 116 cm³/mol. The first kappa shape index (κ1) is 21.5. The molecular formula is C20H18ClN5O3S. The van der Waals surface area contributed by atoms with Gasteiger partial charge in [0.15, 0.2) is 11.0 Å². The van der Waals surface area contributed by atoms with Crippen molar-refractivity contribution in [1.82, 2.24) is 20.1 Å². The zero-order valence-electron chi connectivity index (χ0n) is 16.0. The van der Waals surface area contributed by atoms with Gasteiger partial charge in [-0.05, 0) is 23.3 Å². The van der Waals surface area contributed by atoms with Crippen LogP contribution in [-0.4, -0.2) is 25.6 Å². The lowest BCUT2D eigenvalue weighted by Gasteiger charge is -2.05. The van der Waals surface area contributed by atoms with Crippen LogP contribution in [0.4, 0.5) is 5.69 Å². The number of halogens is 1. The van der Waals surface area contributed by atoms with Crippen LogP contribution in [0.25, 0.3) is 6.08 Å². The highest BCUT2D eigenvalue weighted by Crippen LogP contribution is 2.22. The van der Waals surface area contributed by atoms with E-state index in [1.807, 2.05) is 25.2 Å². The average molecular weight is 444 g/mol. The molecule has 2 aromatic carbocycles. The minimum Gasteiger partial charge on any atom is -0.345 e. The highest BCUT2D eigenvalue weighted by molar-refractivity contribution is 7.98. The van der Waals surface area contributed by atoms with E-state index in [0.717, 1.165) is 11.1 Å². The van der Waals surface area contributed by atoms with Gasteiger partial charge in [-0.15, -0.1) is 10.2 Å². The molecule has 0 spiro atoms. The van der Waals surface area contributed by atoms with Crippen LogP contribution in [0.3, 0.4) is 0 Å². The molecule has 0 saturated carbocycles. The third kappa shape index (κ3) is 5.68. The molecule has 3 rings (SSSR count). The first-order valence-electron chi connectivity index (χ1n) is 8.89. The van der Waals surface area contributed by atoms with Crippen molar-refractivity contribution in [2.24, 2.45) is 7.05 Å². The summed E-state index contributed by atoms with van der Waals surface area (Å²) in [6, 6.07) is 13.6. The number of nitrogens with one attached hydrogen (secondary N) is 1. The summed E-state index contributed by atoms with van der Waals surface area (Å²) in [7, 11) is 1.82. The molecule has 0 saturated heterocycles. The van der Waals surface area contributed by atoms with Crippen molar-refractivity contribution >= 4 is 41.0 Å². The van der Waals surface area contributed by atoms with Crippen LogP contribution in [0.5, 0.6) is 0 Å².